The molecule has 3 rings (SSSR count). The molecule has 6 heteroatoms. The average molecular weight is 306 g/mol. The van der Waals surface area contributed by atoms with Gasteiger partial charge in [-0.2, -0.15) is 0 Å². The smallest absolute Gasteiger partial charge is 0.149 e. The summed E-state index contributed by atoms with van der Waals surface area (Å²) >= 11 is 1.65. The molecule has 1 N–H and O–H groups in total. The second-order valence-electron chi connectivity index (χ2n) is 5.34. The maximum absolute atomic E-state index is 13.9. The highest BCUT2D eigenvalue weighted by Crippen LogP contribution is 2.28. The molecule has 0 radical (unpaired) electrons. The fraction of sp³-hybridized carbons (Fsp3) is 0.467. The van der Waals surface area contributed by atoms with Crippen LogP contribution in [-0.2, 0) is 0 Å². The molecule has 1 aromatic carbocycles. The van der Waals surface area contributed by atoms with Crippen molar-refractivity contribution in [3.63, 3.8) is 0 Å². The predicted molar refractivity (Wildman–Crippen MR) is 86.0 cm³/mol. The van der Waals surface area contributed by atoms with Crippen LogP contribution in [0.3, 0.4) is 0 Å². The number of hydrogen-bond acceptors (Lipinski definition) is 5. The summed E-state index contributed by atoms with van der Waals surface area (Å²) in [7, 11) is 0. The molecule has 1 saturated heterocycles. The van der Waals surface area contributed by atoms with Gasteiger partial charge in [-0.15, -0.1) is 0 Å². The first-order chi connectivity index (χ1) is 10.3. The van der Waals surface area contributed by atoms with Gasteiger partial charge in [0.25, 0.3) is 0 Å². The molecule has 112 valence electrons. The number of nitrogens with zero attached hydrogens (tertiary/aromatic N) is 3. The summed E-state index contributed by atoms with van der Waals surface area (Å²) in [6.45, 7) is 2.92. The van der Waals surface area contributed by atoms with Gasteiger partial charge < -0.3 is 4.90 Å². The monoisotopic (exact) mass is 306 g/mol. The van der Waals surface area contributed by atoms with Gasteiger partial charge in [-0.1, -0.05) is 18.0 Å². The minimum atomic E-state index is -0.284. The van der Waals surface area contributed by atoms with Crippen LogP contribution in [0.25, 0.3) is 10.9 Å². The van der Waals surface area contributed by atoms with Crippen LogP contribution >= 0.6 is 11.9 Å². The highest BCUT2D eigenvalue weighted by atomic mass is 32.2. The lowest BCUT2D eigenvalue weighted by Gasteiger charge is -2.34. The van der Waals surface area contributed by atoms with Crippen molar-refractivity contribution >= 4 is 28.7 Å². The summed E-state index contributed by atoms with van der Waals surface area (Å²) < 4.78 is 17.2. The summed E-state index contributed by atoms with van der Waals surface area (Å²) in [6.07, 6.45) is 5.87. The Labute approximate surface area is 128 Å². The van der Waals surface area contributed by atoms with Crippen molar-refractivity contribution < 1.29 is 4.39 Å². The Balaban J connectivity index is 1.88. The molecular formula is C15H19FN4S. The Hall–Kier alpha value is -1.40. The fourth-order valence-corrected chi connectivity index (χ4v) is 3.32. The number of nitrogens with one attached hydrogen (secondary N) is 1. The standard InChI is InChI=1S/C15H19FN4S/c1-21-19-8-11-4-3-7-20(9-11)15-12-5-2-6-13(16)14(12)17-10-18-15/h2,5-6,10-11,19H,3-4,7-9H2,1H3. The molecule has 1 aromatic heterocycles. The first kappa shape index (κ1) is 14.5. The summed E-state index contributed by atoms with van der Waals surface area (Å²) in [5.41, 5.74) is 0.409. The van der Waals surface area contributed by atoms with Crippen molar-refractivity contribution in [2.24, 2.45) is 5.92 Å². The maximum Gasteiger partial charge on any atom is 0.149 e. The maximum atomic E-state index is 13.9. The van der Waals surface area contributed by atoms with E-state index in [0.29, 0.717) is 11.4 Å². The molecule has 2 heterocycles. The van der Waals surface area contributed by atoms with E-state index < -0.39 is 0 Å². The minimum Gasteiger partial charge on any atom is -0.356 e. The van der Waals surface area contributed by atoms with Crippen molar-refractivity contribution in [1.82, 2.24) is 14.7 Å². The van der Waals surface area contributed by atoms with Crippen LogP contribution in [0.5, 0.6) is 0 Å². The summed E-state index contributed by atoms with van der Waals surface area (Å²) in [4.78, 5) is 10.7. The van der Waals surface area contributed by atoms with E-state index in [1.54, 1.807) is 18.0 Å². The number of anilines is 1. The zero-order valence-electron chi connectivity index (χ0n) is 12.1. The van der Waals surface area contributed by atoms with Crippen LogP contribution in [0, 0.1) is 11.7 Å². The summed E-state index contributed by atoms with van der Waals surface area (Å²) in [5, 5.41) is 0.802. The van der Waals surface area contributed by atoms with Crippen LogP contribution in [0.2, 0.25) is 0 Å². The third-order valence-electron chi connectivity index (χ3n) is 3.93. The van der Waals surface area contributed by atoms with E-state index in [4.69, 9.17) is 0 Å². The Kier molecular flexibility index (Phi) is 4.55. The third kappa shape index (κ3) is 3.11. The molecule has 0 saturated carbocycles. The zero-order chi connectivity index (χ0) is 14.7. The van der Waals surface area contributed by atoms with Gasteiger partial charge in [-0.25, -0.2) is 14.4 Å². The molecule has 21 heavy (non-hydrogen) atoms. The molecule has 1 aliphatic rings. The van der Waals surface area contributed by atoms with Crippen molar-refractivity contribution in [3.8, 4) is 0 Å². The Morgan fingerprint density at radius 1 is 1.43 bits per heavy atom. The van der Waals surface area contributed by atoms with E-state index in [1.807, 2.05) is 12.3 Å². The minimum absolute atomic E-state index is 0.284. The Morgan fingerprint density at radius 2 is 2.33 bits per heavy atom. The molecule has 1 unspecified atom stereocenters. The molecular weight excluding hydrogens is 287 g/mol. The first-order valence-corrected chi connectivity index (χ1v) is 8.42. The van der Waals surface area contributed by atoms with Gasteiger partial charge in [0.15, 0.2) is 0 Å². The van der Waals surface area contributed by atoms with Crippen LogP contribution in [0.4, 0.5) is 10.2 Å². The summed E-state index contributed by atoms with van der Waals surface area (Å²) in [5.74, 6) is 1.17. The molecule has 0 amide bonds. The number of hydrogen-bond donors (Lipinski definition) is 1. The second kappa shape index (κ2) is 6.58. The topological polar surface area (TPSA) is 41.0 Å². The SMILES string of the molecule is CSNCC1CCCN(c2ncnc3c(F)cccc23)C1. The molecule has 0 spiro atoms. The van der Waals surface area contributed by atoms with Crippen LogP contribution in [0.1, 0.15) is 12.8 Å². The van der Waals surface area contributed by atoms with Crippen molar-refractivity contribution in [2.75, 3.05) is 30.8 Å². The lowest BCUT2D eigenvalue weighted by atomic mass is 9.98. The highest BCUT2D eigenvalue weighted by Gasteiger charge is 2.22. The lowest BCUT2D eigenvalue weighted by molar-refractivity contribution is 0.415. The van der Waals surface area contributed by atoms with E-state index in [0.717, 1.165) is 37.3 Å². The second-order valence-corrected chi connectivity index (χ2v) is 6.04. The van der Waals surface area contributed by atoms with Gasteiger partial charge in [-0.05, 0) is 37.1 Å². The van der Waals surface area contributed by atoms with Crippen LogP contribution in [-0.4, -0.2) is 35.9 Å². The van der Waals surface area contributed by atoms with Gasteiger partial charge in [0.05, 0.1) is 0 Å². The van der Waals surface area contributed by atoms with E-state index in [1.165, 1.54) is 18.8 Å². The van der Waals surface area contributed by atoms with E-state index >= 15 is 0 Å². The van der Waals surface area contributed by atoms with Crippen molar-refractivity contribution in [1.29, 1.82) is 0 Å². The third-order valence-corrected chi connectivity index (χ3v) is 4.38. The van der Waals surface area contributed by atoms with Gasteiger partial charge in [-0.3, -0.25) is 4.72 Å². The largest absolute Gasteiger partial charge is 0.356 e. The first-order valence-electron chi connectivity index (χ1n) is 7.19. The normalized spacial score (nSPS) is 19.1. The predicted octanol–water partition coefficient (Wildman–Crippen LogP) is 2.85. The number of para-hydroxylation sites is 1. The molecule has 2 aromatic rings. The van der Waals surface area contributed by atoms with Crippen LogP contribution in [0.15, 0.2) is 24.5 Å². The number of aromatic nitrogens is 2. The Morgan fingerprint density at radius 3 is 3.19 bits per heavy atom. The van der Waals surface area contributed by atoms with Crippen molar-refractivity contribution in [3.05, 3.63) is 30.3 Å². The van der Waals surface area contributed by atoms with Crippen molar-refractivity contribution in [2.45, 2.75) is 12.8 Å². The molecule has 1 fully saturated rings. The molecule has 0 bridgehead atoms. The van der Waals surface area contributed by atoms with Gasteiger partial charge in [0.2, 0.25) is 0 Å². The number of fused-ring (bicyclic) bond motifs is 1. The fourth-order valence-electron chi connectivity index (χ4n) is 2.92. The number of piperidine rings is 1. The van der Waals surface area contributed by atoms with E-state index in [-0.39, 0.29) is 5.82 Å². The number of halogens is 1. The van der Waals surface area contributed by atoms with E-state index in [9.17, 15) is 4.39 Å². The highest BCUT2D eigenvalue weighted by molar-refractivity contribution is 7.96. The molecule has 4 nitrogen and oxygen atoms in total. The van der Waals surface area contributed by atoms with Gasteiger partial charge >= 0.3 is 0 Å². The molecule has 1 atom stereocenters. The summed E-state index contributed by atoms with van der Waals surface area (Å²) in [6, 6.07) is 5.07. The number of rotatable bonds is 4. The van der Waals surface area contributed by atoms with Crippen LogP contribution < -0.4 is 9.62 Å². The van der Waals surface area contributed by atoms with E-state index in [2.05, 4.69) is 19.6 Å². The molecule has 0 aliphatic carbocycles. The number of benzene rings is 1. The average Bonchev–Trinajstić information content (AvgIpc) is 2.53. The Bertz CT molecular complexity index is 622. The zero-order valence-corrected chi connectivity index (χ0v) is 12.9. The van der Waals surface area contributed by atoms with Gasteiger partial charge in [0, 0.05) is 25.0 Å². The quantitative estimate of drug-likeness (QED) is 0.880. The van der Waals surface area contributed by atoms with Gasteiger partial charge in [0.1, 0.15) is 23.5 Å². The molecule has 1 aliphatic heterocycles. The lowest BCUT2D eigenvalue weighted by Crippen LogP contribution is -2.39.